The van der Waals surface area contributed by atoms with E-state index in [1.54, 1.807) is 0 Å². The molecule has 1 aliphatic carbocycles. The fraction of sp³-hybridized carbons (Fsp3) is 0.667. The number of benzene rings is 1. The lowest BCUT2D eigenvalue weighted by Gasteiger charge is -2.34. The second-order valence-electron chi connectivity index (χ2n) is 8.86. The summed E-state index contributed by atoms with van der Waals surface area (Å²) in [5.41, 5.74) is 2.41. The third-order valence-electron chi connectivity index (χ3n) is 6.35. The summed E-state index contributed by atoms with van der Waals surface area (Å²) in [6.45, 7) is 6.33. The largest absolute Gasteiger partial charge is 0.371 e. The molecule has 3 rings (SSSR count). The first-order chi connectivity index (χ1) is 14.1. The molecule has 0 spiro atoms. The zero-order valence-corrected chi connectivity index (χ0v) is 18.1. The number of piperidine rings is 1. The SMILES string of the molecule is CCCCC(=O)Nc1ccc(N2CCC(C)CC2)c(C(=O)NC2CCCCC2)c1. The fourth-order valence-corrected chi connectivity index (χ4v) is 4.39. The highest BCUT2D eigenvalue weighted by atomic mass is 16.2. The van der Waals surface area contributed by atoms with Gasteiger partial charge in [0.05, 0.1) is 5.56 Å². The van der Waals surface area contributed by atoms with Crippen LogP contribution >= 0.6 is 0 Å². The van der Waals surface area contributed by atoms with Gasteiger partial charge in [-0.3, -0.25) is 9.59 Å². The van der Waals surface area contributed by atoms with E-state index in [-0.39, 0.29) is 17.9 Å². The standard InChI is InChI=1S/C24H37N3O2/c1-3-4-10-23(28)25-20-11-12-22(27-15-13-18(2)14-16-27)21(17-20)24(29)26-19-8-6-5-7-9-19/h11-12,17-19H,3-10,13-16H2,1-2H3,(H,25,28)(H,26,29). The first kappa shape index (κ1) is 21.7. The van der Waals surface area contributed by atoms with Gasteiger partial charge in [0.2, 0.25) is 5.91 Å². The molecule has 1 aliphatic heterocycles. The summed E-state index contributed by atoms with van der Waals surface area (Å²) in [5.74, 6) is 0.753. The highest BCUT2D eigenvalue weighted by Gasteiger charge is 2.24. The molecule has 5 nitrogen and oxygen atoms in total. The quantitative estimate of drug-likeness (QED) is 0.669. The molecule has 0 bridgehead atoms. The van der Waals surface area contributed by atoms with Crippen LogP contribution in [0, 0.1) is 5.92 Å². The van der Waals surface area contributed by atoms with Crippen molar-refractivity contribution in [2.24, 2.45) is 5.92 Å². The fourth-order valence-electron chi connectivity index (χ4n) is 4.39. The summed E-state index contributed by atoms with van der Waals surface area (Å²) in [6.07, 6.45) is 10.5. The number of carbonyl (C=O) groups is 2. The molecule has 1 heterocycles. The van der Waals surface area contributed by atoms with E-state index in [0.717, 1.165) is 63.2 Å². The summed E-state index contributed by atoms with van der Waals surface area (Å²) < 4.78 is 0. The molecule has 0 radical (unpaired) electrons. The number of hydrogen-bond acceptors (Lipinski definition) is 3. The van der Waals surface area contributed by atoms with E-state index in [1.807, 2.05) is 18.2 Å². The normalized spacial score (nSPS) is 18.5. The van der Waals surface area contributed by atoms with Crippen molar-refractivity contribution in [3.63, 3.8) is 0 Å². The number of amides is 2. The Hall–Kier alpha value is -2.04. The molecule has 2 aliphatic rings. The minimum atomic E-state index is -0.00446. The van der Waals surface area contributed by atoms with Gasteiger partial charge in [0.25, 0.3) is 5.91 Å². The summed E-state index contributed by atoms with van der Waals surface area (Å²) in [7, 11) is 0. The van der Waals surface area contributed by atoms with Gasteiger partial charge in [-0.1, -0.05) is 39.5 Å². The number of nitrogens with zero attached hydrogens (tertiary/aromatic N) is 1. The lowest BCUT2D eigenvalue weighted by molar-refractivity contribution is -0.116. The van der Waals surface area contributed by atoms with Gasteiger partial charge in [-0.15, -0.1) is 0 Å². The van der Waals surface area contributed by atoms with Crippen LogP contribution in [0.2, 0.25) is 0 Å². The van der Waals surface area contributed by atoms with Gasteiger partial charge in [0.15, 0.2) is 0 Å². The predicted octanol–water partition coefficient (Wildman–Crippen LogP) is 5.11. The molecule has 29 heavy (non-hydrogen) atoms. The van der Waals surface area contributed by atoms with E-state index in [9.17, 15) is 9.59 Å². The van der Waals surface area contributed by atoms with Crippen molar-refractivity contribution >= 4 is 23.2 Å². The Bertz CT molecular complexity index is 689. The van der Waals surface area contributed by atoms with Crippen LogP contribution in [0.4, 0.5) is 11.4 Å². The van der Waals surface area contributed by atoms with Crippen molar-refractivity contribution in [2.75, 3.05) is 23.3 Å². The van der Waals surface area contributed by atoms with Crippen LogP contribution in [-0.2, 0) is 4.79 Å². The number of carbonyl (C=O) groups excluding carboxylic acids is 2. The molecular weight excluding hydrogens is 362 g/mol. The molecule has 2 fully saturated rings. The van der Waals surface area contributed by atoms with E-state index < -0.39 is 0 Å². The minimum absolute atomic E-state index is 0.00446. The maximum Gasteiger partial charge on any atom is 0.253 e. The van der Waals surface area contributed by atoms with E-state index in [4.69, 9.17) is 0 Å². The Morgan fingerprint density at radius 3 is 2.48 bits per heavy atom. The maximum atomic E-state index is 13.2. The number of anilines is 2. The average Bonchev–Trinajstić information content (AvgIpc) is 2.73. The Morgan fingerprint density at radius 2 is 1.79 bits per heavy atom. The van der Waals surface area contributed by atoms with Crippen molar-refractivity contribution in [3.05, 3.63) is 23.8 Å². The van der Waals surface area contributed by atoms with E-state index >= 15 is 0 Å². The molecule has 1 saturated heterocycles. The zero-order chi connectivity index (χ0) is 20.6. The molecule has 1 aromatic carbocycles. The summed E-state index contributed by atoms with van der Waals surface area (Å²) in [6, 6.07) is 6.10. The van der Waals surface area contributed by atoms with Gasteiger partial charge in [0, 0.05) is 36.9 Å². The van der Waals surface area contributed by atoms with E-state index in [2.05, 4.69) is 29.4 Å². The monoisotopic (exact) mass is 399 g/mol. The zero-order valence-electron chi connectivity index (χ0n) is 18.1. The van der Waals surface area contributed by atoms with Crippen molar-refractivity contribution in [1.82, 2.24) is 5.32 Å². The van der Waals surface area contributed by atoms with Crippen LogP contribution in [0.5, 0.6) is 0 Å². The average molecular weight is 400 g/mol. The summed E-state index contributed by atoms with van der Waals surface area (Å²) in [5, 5.41) is 6.24. The van der Waals surface area contributed by atoms with E-state index in [1.165, 1.54) is 19.3 Å². The molecule has 1 aromatic rings. The van der Waals surface area contributed by atoms with Gasteiger partial charge in [-0.25, -0.2) is 0 Å². The number of unbranched alkanes of at least 4 members (excludes halogenated alkanes) is 1. The number of hydrogen-bond donors (Lipinski definition) is 2. The summed E-state index contributed by atoms with van der Waals surface area (Å²) in [4.78, 5) is 27.7. The third kappa shape index (κ3) is 6.22. The third-order valence-corrected chi connectivity index (χ3v) is 6.35. The molecule has 2 amide bonds. The highest BCUT2D eigenvalue weighted by molar-refractivity contribution is 6.02. The Morgan fingerprint density at radius 1 is 1.07 bits per heavy atom. The van der Waals surface area contributed by atoms with Crippen molar-refractivity contribution in [2.45, 2.75) is 84.1 Å². The van der Waals surface area contributed by atoms with Gasteiger partial charge in [-0.05, 0) is 56.2 Å². The molecule has 2 N–H and O–H groups in total. The second kappa shape index (κ2) is 10.7. The lowest BCUT2D eigenvalue weighted by Crippen LogP contribution is -2.38. The Labute approximate surface area is 175 Å². The van der Waals surface area contributed by atoms with Crippen molar-refractivity contribution < 1.29 is 9.59 Å². The number of rotatable bonds is 7. The molecule has 0 atom stereocenters. The second-order valence-corrected chi connectivity index (χ2v) is 8.86. The van der Waals surface area contributed by atoms with Crippen LogP contribution in [0.1, 0.15) is 88.4 Å². The number of nitrogens with one attached hydrogen (secondary N) is 2. The van der Waals surface area contributed by atoms with Gasteiger partial charge in [0.1, 0.15) is 0 Å². The molecular formula is C24H37N3O2. The van der Waals surface area contributed by atoms with Crippen LogP contribution in [-0.4, -0.2) is 30.9 Å². The predicted molar refractivity (Wildman–Crippen MR) is 120 cm³/mol. The van der Waals surface area contributed by atoms with Gasteiger partial charge in [-0.2, -0.15) is 0 Å². The smallest absolute Gasteiger partial charge is 0.253 e. The van der Waals surface area contributed by atoms with Crippen molar-refractivity contribution in [1.29, 1.82) is 0 Å². The molecule has 5 heteroatoms. The molecule has 0 unspecified atom stereocenters. The van der Waals surface area contributed by atoms with Gasteiger partial charge < -0.3 is 15.5 Å². The van der Waals surface area contributed by atoms with Crippen molar-refractivity contribution in [3.8, 4) is 0 Å². The van der Waals surface area contributed by atoms with Gasteiger partial charge >= 0.3 is 0 Å². The first-order valence-electron chi connectivity index (χ1n) is 11.6. The highest BCUT2D eigenvalue weighted by Crippen LogP contribution is 2.29. The molecule has 0 aromatic heterocycles. The minimum Gasteiger partial charge on any atom is -0.371 e. The Kier molecular flexibility index (Phi) is 7.96. The topological polar surface area (TPSA) is 61.4 Å². The summed E-state index contributed by atoms with van der Waals surface area (Å²) >= 11 is 0. The lowest BCUT2D eigenvalue weighted by atomic mass is 9.95. The first-order valence-corrected chi connectivity index (χ1v) is 11.6. The van der Waals surface area contributed by atoms with Crippen LogP contribution in [0.25, 0.3) is 0 Å². The molecule has 1 saturated carbocycles. The molecule has 160 valence electrons. The van der Waals surface area contributed by atoms with Crippen LogP contribution < -0.4 is 15.5 Å². The Balaban J connectivity index is 1.78. The van der Waals surface area contributed by atoms with Crippen LogP contribution in [0.3, 0.4) is 0 Å². The van der Waals surface area contributed by atoms with Crippen LogP contribution in [0.15, 0.2) is 18.2 Å². The maximum absolute atomic E-state index is 13.2. The van der Waals surface area contributed by atoms with E-state index in [0.29, 0.717) is 17.7 Å².